The van der Waals surface area contributed by atoms with E-state index in [4.69, 9.17) is 4.74 Å². The molecule has 0 spiro atoms. The van der Waals surface area contributed by atoms with Crippen LogP contribution in [-0.4, -0.2) is 40.8 Å². The molecule has 5 nitrogen and oxygen atoms in total. The van der Waals surface area contributed by atoms with Gasteiger partial charge in [0.2, 0.25) is 0 Å². The predicted molar refractivity (Wildman–Crippen MR) is 76.5 cm³/mol. The van der Waals surface area contributed by atoms with Crippen LogP contribution < -0.4 is 0 Å². The summed E-state index contributed by atoms with van der Waals surface area (Å²) in [6, 6.07) is 0. The zero-order chi connectivity index (χ0) is 15.7. The van der Waals surface area contributed by atoms with E-state index in [0.717, 1.165) is 6.42 Å². The van der Waals surface area contributed by atoms with Crippen molar-refractivity contribution in [2.24, 2.45) is 17.3 Å². The van der Waals surface area contributed by atoms with Gasteiger partial charge in [0, 0.05) is 13.1 Å². The highest BCUT2D eigenvalue weighted by Gasteiger charge is 2.42. The molecular formula is C15H27NO4. The van der Waals surface area contributed by atoms with Crippen LogP contribution in [0.5, 0.6) is 0 Å². The van der Waals surface area contributed by atoms with Crippen LogP contribution in [0.1, 0.15) is 48.0 Å². The Morgan fingerprint density at radius 3 is 2.10 bits per heavy atom. The molecule has 1 N–H and O–H groups in total. The van der Waals surface area contributed by atoms with Crippen molar-refractivity contribution in [3.63, 3.8) is 0 Å². The lowest BCUT2D eigenvalue weighted by Gasteiger charge is -2.26. The Morgan fingerprint density at radius 1 is 1.15 bits per heavy atom. The third kappa shape index (κ3) is 5.02. The van der Waals surface area contributed by atoms with Gasteiger partial charge >= 0.3 is 12.1 Å². The van der Waals surface area contributed by atoms with Gasteiger partial charge in [-0.3, -0.25) is 4.79 Å². The number of rotatable bonds is 2. The number of carbonyl (C=O) groups is 2. The number of ether oxygens (including phenoxy) is 1. The zero-order valence-corrected chi connectivity index (χ0v) is 13.4. The van der Waals surface area contributed by atoms with Crippen molar-refractivity contribution >= 4 is 12.1 Å². The van der Waals surface area contributed by atoms with Crippen molar-refractivity contribution in [1.82, 2.24) is 4.90 Å². The van der Waals surface area contributed by atoms with Crippen LogP contribution in [0.3, 0.4) is 0 Å². The number of carbonyl (C=O) groups excluding carboxylic acids is 1. The van der Waals surface area contributed by atoms with Crippen LogP contribution in [-0.2, 0) is 9.53 Å². The topological polar surface area (TPSA) is 66.8 Å². The lowest BCUT2D eigenvalue weighted by atomic mass is 9.80. The maximum Gasteiger partial charge on any atom is 0.410 e. The van der Waals surface area contributed by atoms with Gasteiger partial charge in [-0.1, -0.05) is 20.8 Å². The molecule has 5 heteroatoms. The monoisotopic (exact) mass is 285 g/mol. The Balaban J connectivity index is 2.75. The fourth-order valence-electron chi connectivity index (χ4n) is 2.62. The van der Waals surface area contributed by atoms with Gasteiger partial charge in [-0.25, -0.2) is 4.79 Å². The molecule has 2 unspecified atom stereocenters. The van der Waals surface area contributed by atoms with Crippen molar-refractivity contribution in [2.75, 3.05) is 13.1 Å². The van der Waals surface area contributed by atoms with Gasteiger partial charge in [-0.2, -0.15) is 0 Å². The van der Waals surface area contributed by atoms with Crippen LogP contribution >= 0.6 is 0 Å². The molecule has 1 aliphatic heterocycles. The summed E-state index contributed by atoms with van der Waals surface area (Å²) in [7, 11) is 0. The largest absolute Gasteiger partial charge is 0.481 e. The number of aliphatic carboxylic acids is 1. The lowest BCUT2D eigenvalue weighted by molar-refractivity contribution is -0.142. The van der Waals surface area contributed by atoms with Gasteiger partial charge < -0.3 is 14.7 Å². The Morgan fingerprint density at radius 2 is 1.70 bits per heavy atom. The first-order valence-electron chi connectivity index (χ1n) is 7.10. The molecule has 0 aliphatic carbocycles. The summed E-state index contributed by atoms with van der Waals surface area (Å²) in [4.78, 5) is 25.0. The Labute approximate surface area is 121 Å². The molecule has 1 amide bonds. The number of nitrogens with zero attached hydrogens (tertiary/aromatic N) is 1. The zero-order valence-electron chi connectivity index (χ0n) is 13.4. The molecule has 0 aromatic carbocycles. The fraction of sp³-hybridized carbons (Fsp3) is 0.867. The number of hydrogen-bond donors (Lipinski definition) is 1. The summed E-state index contributed by atoms with van der Waals surface area (Å²) in [5.41, 5.74) is -0.514. The van der Waals surface area contributed by atoms with Crippen molar-refractivity contribution in [1.29, 1.82) is 0 Å². The maximum absolute atomic E-state index is 12.1. The Bertz CT molecular complexity index is 378. The van der Waals surface area contributed by atoms with E-state index in [1.54, 1.807) is 0 Å². The minimum atomic E-state index is -0.828. The first-order chi connectivity index (χ1) is 8.89. The normalized spacial score (nSPS) is 23.8. The van der Waals surface area contributed by atoms with E-state index in [1.165, 1.54) is 4.90 Å². The van der Waals surface area contributed by atoms with Gasteiger partial charge in [-0.05, 0) is 38.5 Å². The second-order valence-corrected chi connectivity index (χ2v) is 7.85. The lowest BCUT2D eigenvalue weighted by Crippen LogP contribution is -2.36. The highest BCUT2D eigenvalue weighted by Crippen LogP contribution is 2.34. The summed E-state index contributed by atoms with van der Waals surface area (Å²) in [6.07, 6.45) is 0.364. The summed E-state index contributed by atoms with van der Waals surface area (Å²) in [5.74, 6) is -1.34. The molecule has 1 saturated heterocycles. The number of carboxylic acids is 1. The highest BCUT2D eigenvalue weighted by atomic mass is 16.6. The number of hydrogen-bond acceptors (Lipinski definition) is 3. The average molecular weight is 285 g/mol. The third-order valence-corrected chi connectivity index (χ3v) is 3.28. The van der Waals surface area contributed by atoms with E-state index in [-0.39, 0.29) is 17.9 Å². The first kappa shape index (κ1) is 16.8. The van der Waals surface area contributed by atoms with Crippen LogP contribution in [0.15, 0.2) is 0 Å². The maximum atomic E-state index is 12.1. The summed E-state index contributed by atoms with van der Waals surface area (Å²) in [5, 5.41) is 9.33. The van der Waals surface area contributed by atoms with E-state index < -0.39 is 23.6 Å². The summed E-state index contributed by atoms with van der Waals surface area (Å²) in [6.45, 7) is 12.4. The third-order valence-electron chi connectivity index (χ3n) is 3.28. The fourth-order valence-corrected chi connectivity index (χ4v) is 2.62. The van der Waals surface area contributed by atoms with Crippen LogP contribution in [0.4, 0.5) is 4.79 Å². The number of carboxylic acid groups (broad SMARTS) is 1. The average Bonchev–Trinajstić information content (AvgIpc) is 2.56. The van der Waals surface area contributed by atoms with Crippen molar-refractivity contribution in [3.8, 4) is 0 Å². The smallest absolute Gasteiger partial charge is 0.410 e. The quantitative estimate of drug-likeness (QED) is 0.847. The van der Waals surface area contributed by atoms with Crippen molar-refractivity contribution < 1.29 is 19.4 Å². The molecule has 20 heavy (non-hydrogen) atoms. The minimum absolute atomic E-state index is 0.0139. The second-order valence-electron chi connectivity index (χ2n) is 7.85. The molecule has 116 valence electrons. The molecule has 0 aromatic heterocycles. The van der Waals surface area contributed by atoms with Gasteiger partial charge in [0.05, 0.1) is 5.92 Å². The molecule has 0 bridgehead atoms. The van der Waals surface area contributed by atoms with Gasteiger partial charge in [0.25, 0.3) is 0 Å². The summed E-state index contributed by atoms with van der Waals surface area (Å²) >= 11 is 0. The second kappa shape index (κ2) is 5.62. The van der Waals surface area contributed by atoms with Crippen LogP contribution in [0.25, 0.3) is 0 Å². The molecule has 0 radical (unpaired) electrons. The first-order valence-corrected chi connectivity index (χ1v) is 7.10. The van der Waals surface area contributed by atoms with E-state index in [9.17, 15) is 14.7 Å². The van der Waals surface area contributed by atoms with Crippen LogP contribution in [0, 0.1) is 17.3 Å². The molecule has 1 fully saturated rings. The molecular weight excluding hydrogens is 258 g/mol. The Hall–Kier alpha value is -1.26. The molecule has 0 aromatic rings. The SMILES string of the molecule is CC(C)(C)CC1CN(C(=O)OC(C)(C)C)CC1C(=O)O. The molecule has 1 rings (SSSR count). The molecule has 2 atom stereocenters. The van der Waals surface area contributed by atoms with Gasteiger partial charge in [-0.15, -0.1) is 0 Å². The van der Waals surface area contributed by atoms with E-state index in [2.05, 4.69) is 20.8 Å². The molecule has 0 saturated carbocycles. The Kier molecular flexibility index (Phi) is 4.72. The summed E-state index contributed by atoms with van der Waals surface area (Å²) < 4.78 is 5.32. The molecule has 1 aliphatic rings. The van der Waals surface area contributed by atoms with E-state index in [1.807, 2.05) is 20.8 Å². The van der Waals surface area contributed by atoms with Gasteiger partial charge in [0.15, 0.2) is 0 Å². The molecule has 1 heterocycles. The predicted octanol–water partition coefficient (Wildman–Crippen LogP) is 2.99. The van der Waals surface area contributed by atoms with Crippen molar-refractivity contribution in [2.45, 2.75) is 53.6 Å². The highest BCUT2D eigenvalue weighted by molar-refractivity contribution is 5.74. The number of likely N-dealkylation sites (tertiary alicyclic amines) is 1. The minimum Gasteiger partial charge on any atom is -0.481 e. The van der Waals surface area contributed by atoms with Crippen LogP contribution in [0.2, 0.25) is 0 Å². The van der Waals surface area contributed by atoms with E-state index in [0.29, 0.717) is 6.54 Å². The number of amides is 1. The van der Waals surface area contributed by atoms with E-state index >= 15 is 0 Å². The standard InChI is InChI=1S/C15H27NO4/c1-14(2,3)7-10-8-16(9-11(10)12(17)18)13(19)20-15(4,5)6/h10-11H,7-9H2,1-6H3,(H,17,18). The van der Waals surface area contributed by atoms with Crippen molar-refractivity contribution in [3.05, 3.63) is 0 Å². The van der Waals surface area contributed by atoms with Gasteiger partial charge in [0.1, 0.15) is 5.60 Å².